The Morgan fingerprint density at radius 2 is 1.94 bits per heavy atom. The van der Waals surface area contributed by atoms with Gasteiger partial charge in [-0.3, -0.25) is 0 Å². The molecule has 3 nitrogen and oxygen atoms in total. The number of anilines is 1. The first-order valence-electron chi connectivity index (χ1n) is 5.33. The maximum atomic E-state index is 9.40. The summed E-state index contributed by atoms with van der Waals surface area (Å²) < 4.78 is 0.934. The van der Waals surface area contributed by atoms with Crippen molar-refractivity contribution in [3.8, 4) is 0 Å². The highest BCUT2D eigenvalue weighted by Gasteiger charge is 2.09. The zero-order valence-electron chi connectivity index (χ0n) is 9.18. The SMILES string of the molecule is OC[C@H](Nc1ccc(Br)cn1)c1ccccc1. The van der Waals surface area contributed by atoms with Crippen LogP contribution in [0.2, 0.25) is 0 Å². The molecule has 4 heteroatoms. The Kier molecular flexibility index (Phi) is 4.12. The van der Waals surface area contributed by atoms with Gasteiger partial charge in [-0.1, -0.05) is 30.3 Å². The van der Waals surface area contributed by atoms with Gasteiger partial charge in [-0.25, -0.2) is 4.98 Å². The van der Waals surface area contributed by atoms with Crippen LogP contribution in [0.1, 0.15) is 11.6 Å². The maximum absolute atomic E-state index is 9.40. The molecule has 0 radical (unpaired) electrons. The lowest BCUT2D eigenvalue weighted by Crippen LogP contribution is -2.15. The van der Waals surface area contributed by atoms with Crippen molar-refractivity contribution in [1.82, 2.24) is 4.98 Å². The van der Waals surface area contributed by atoms with Gasteiger partial charge in [0.2, 0.25) is 0 Å². The number of pyridine rings is 1. The topological polar surface area (TPSA) is 45.1 Å². The second-order valence-electron chi connectivity index (χ2n) is 3.65. The van der Waals surface area contributed by atoms with E-state index < -0.39 is 0 Å². The van der Waals surface area contributed by atoms with E-state index in [1.165, 1.54) is 0 Å². The third kappa shape index (κ3) is 3.28. The highest BCUT2D eigenvalue weighted by atomic mass is 79.9. The number of aliphatic hydroxyl groups is 1. The summed E-state index contributed by atoms with van der Waals surface area (Å²) in [5.41, 5.74) is 1.04. The van der Waals surface area contributed by atoms with Gasteiger partial charge in [0.1, 0.15) is 5.82 Å². The van der Waals surface area contributed by atoms with Crippen molar-refractivity contribution in [3.05, 3.63) is 58.7 Å². The van der Waals surface area contributed by atoms with Gasteiger partial charge < -0.3 is 10.4 Å². The normalized spacial score (nSPS) is 12.1. The van der Waals surface area contributed by atoms with E-state index in [2.05, 4.69) is 26.2 Å². The molecule has 0 fully saturated rings. The Morgan fingerprint density at radius 3 is 2.53 bits per heavy atom. The molecule has 1 heterocycles. The average Bonchev–Trinajstić information content (AvgIpc) is 2.39. The lowest BCUT2D eigenvalue weighted by Gasteiger charge is -2.17. The quantitative estimate of drug-likeness (QED) is 0.911. The van der Waals surface area contributed by atoms with Crippen LogP contribution in [-0.4, -0.2) is 16.7 Å². The van der Waals surface area contributed by atoms with Crippen LogP contribution >= 0.6 is 15.9 Å². The summed E-state index contributed by atoms with van der Waals surface area (Å²) in [5.74, 6) is 0.746. The number of hydrogen-bond acceptors (Lipinski definition) is 3. The fourth-order valence-electron chi connectivity index (χ4n) is 1.56. The van der Waals surface area contributed by atoms with Crippen LogP contribution in [0.5, 0.6) is 0 Å². The van der Waals surface area contributed by atoms with Crippen LogP contribution in [0.15, 0.2) is 53.1 Å². The molecule has 0 aliphatic rings. The van der Waals surface area contributed by atoms with Gasteiger partial charge in [-0.05, 0) is 33.6 Å². The van der Waals surface area contributed by atoms with Crippen LogP contribution in [0.3, 0.4) is 0 Å². The molecule has 1 aromatic heterocycles. The first-order valence-corrected chi connectivity index (χ1v) is 6.13. The lowest BCUT2D eigenvalue weighted by molar-refractivity contribution is 0.276. The largest absolute Gasteiger partial charge is 0.394 e. The molecule has 0 spiro atoms. The van der Waals surface area contributed by atoms with Gasteiger partial charge in [0.05, 0.1) is 12.6 Å². The molecule has 0 bridgehead atoms. The number of halogens is 1. The molecule has 1 atom stereocenters. The molecule has 17 heavy (non-hydrogen) atoms. The second-order valence-corrected chi connectivity index (χ2v) is 4.57. The van der Waals surface area contributed by atoms with E-state index >= 15 is 0 Å². The first kappa shape index (κ1) is 12.1. The maximum Gasteiger partial charge on any atom is 0.126 e. The van der Waals surface area contributed by atoms with Gasteiger partial charge in [0.15, 0.2) is 0 Å². The number of aliphatic hydroxyl groups excluding tert-OH is 1. The highest BCUT2D eigenvalue weighted by Crippen LogP contribution is 2.18. The Balaban J connectivity index is 2.13. The van der Waals surface area contributed by atoms with E-state index in [1.807, 2.05) is 42.5 Å². The number of nitrogens with zero attached hydrogens (tertiary/aromatic N) is 1. The Morgan fingerprint density at radius 1 is 1.18 bits per heavy atom. The first-order chi connectivity index (χ1) is 8.29. The summed E-state index contributed by atoms with van der Waals surface area (Å²) in [4.78, 5) is 4.22. The van der Waals surface area contributed by atoms with E-state index in [1.54, 1.807) is 6.20 Å². The zero-order valence-corrected chi connectivity index (χ0v) is 10.8. The van der Waals surface area contributed by atoms with Crippen molar-refractivity contribution in [2.24, 2.45) is 0 Å². The van der Waals surface area contributed by atoms with E-state index in [4.69, 9.17) is 0 Å². The van der Waals surface area contributed by atoms with Crippen molar-refractivity contribution in [3.63, 3.8) is 0 Å². The molecule has 0 aliphatic carbocycles. The van der Waals surface area contributed by atoms with Crippen LogP contribution in [0, 0.1) is 0 Å². The summed E-state index contributed by atoms with van der Waals surface area (Å²) >= 11 is 3.33. The van der Waals surface area contributed by atoms with Gasteiger partial charge in [0.25, 0.3) is 0 Å². The fourth-order valence-corrected chi connectivity index (χ4v) is 1.79. The van der Waals surface area contributed by atoms with Crippen molar-refractivity contribution >= 4 is 21.7 Å². The summed E-state index contributed by atoms with van der Waals surface area (Å²) in [6.45, 7) is 0.0295. The molecular formula is C13H13BrN2O. The summed E-state index contributed by atoms with van der Waals surface area (Å²) in [5, 5.41) is 12.6. The molecule has 2 aromatic rings. The fraction of sp³-hybridized carbons (Fsp3) is 0.154. The van der Waals surface area contributed by atoms with Crippen LogP contribution < -0.4 is 5.32 Å². The lowest BCUT2D eigenvalue weighted by atomic mass is 10.1. The number of benzene rings is 1. The van der Waals surface area contributed by atoms with Crippen molar-refractivity contribution in [2.75, 3.05) is 11.9 Å². The van der Waals surface area contributed by atoms with Gasteiger partial charge in [-0.2, -0.15) is 0 Å². The minimum atomic E-state index is -0.134. The standard InChI is InChI=1S/C13H13BrN2O/c14-11-6-7-13(15-8-11)16-12(9-17)10-4-2-1-3-5-10/h1-8,12,17H,9H2,(H,15,16)/t12-/m0/s1. The van der Waals surface area contributed by atoms with Crippen molar-refractivity contribution < 1.29 is 5.11 Å². The highest BCUT2D eigenvalue weighted by molar-refractivity contribution is 9.10. The average molecular weight is 293 g/mol. The van der Waals surface area contributed by atoms with E-state index in [0.29, 0.717) is 0 Å². The molecule has 1 aromatic carbocycles. The molecule has 2 N–H and O–H groups in total. The molecule has 0 saturated heterocycles. The van der Waals surface area contributed by atoms with Crippen LogP contribution in [0.25, 0.3) is 0 Å². The number of aromatic nitrogens is 1. The third-order valence-corrected chi connectivity index (χ3v) is 2.90. The predicted octanol–water partition coefficient (Wildman–Crippen LogP) is 2.99. The molecule has 0 aliphatic heterocycles. The van der Waals surface area contributed by atoms with Crippen molar-refractivity contribution in [2.45, 2.75) is 6.04 Å². The zero-order chi connectivity index (χ0) is 12.1. The molecule has 0 unspecified atom stereocenters. The third-order valence-electron chi connectivity index (χ3n) is 2.43. The predicted molar refractivity (Wildman–Crippen MR) is 71.8 cm³/mol. The van der Waals surface area contributed by atoms with Gasteiger partial charge >= 0.3 is 0 Å². The minimum absolute atomic E-state index is 0.0295. The number of hydrogen-bond donors (Lipinski definition) is 2. The molecular weight excluding hydrogens is 280 g/mol. The molecule has 88 valence electrons. The van der Waals surface area contributed by atoms with Crippen LogP contribution in [-0.2, 0) is 0 Å². The summed E-state index contributed by atoms with van der Waals surface area (Å²) in [7, 11) is 0. The van der Waals surface area contributed by atoms with Gasteiger partial charge in [-0.15, -0.1) is 0 Å². The van der Waals surface area contributed by atoms with E-state index in [-0.39, 0.29) is 12.6 Å². The summed E-state index contributed by atoms with van der Waals surface area (Å²) in [6.07, 6.45) is 1.72. The second kappa shape index (κ2) is 5.80. The Bertz CT molecular complexity index is 459. The smallest absolute Gasteiger partial charge is 0.126 e. The monoisotopic (exact) mass is 292 g/mol. The molecule has 0 saturated carbocycles. The molecule has 0 amide bonds. The van der Waals surface area contributed by atoms with E-state index in [0.717, 1.165) is 15.9 Å². The Labute approximate surface area is 109 Å². The molecule has 2 rings (SSSR count). The summed E-state index contributed by atoms with van der Waals surface area (Å²) in [6, 6.07) is 13.5. The van der Waals surface area contributed by atoms with E-state index in [9.17, 15) is 5.11 Å². The number of nitrogens with one attached hydrogen (secondary N) is 1. The minimum Gasteiger partial charge on any atom is -0.394 e. The van der Waals surface area contributed by atoms with Crippen molar-refractivity contribution in [1.29, 1.82) is 0 Å². The van der Waals surface area contributed by atoms with Gasteiger partial charge in [0, 0.05) is 10.7 Å². The Hall–Kier alpha value is -1.39. The van der Waals surface area contributed by atoms with Crippen LogP contribution in [0.4, 0.5) is 5.82 Å². The number of rotatable bonds is 4.